The third kappa shape index (κ3) is 3.29. The molecule has 0 aliphatic heterocycles. The number of hydrogen-bond acceptors (Lipinski definition) is 2. The Labute approximate surface area is 115 Å². The van der Waals surface area contributed by atoms with Gasteiger partial charge in [-0.25, -0.2) is 4.98 Å². The van der Waals surface area contributed by atoms with E-state index in [9.17, 15) is 9.18 Å². The van der Waals surface area contributed by atoms with Crippen LogP contribution in [0.3, 0.4) is 0 Å². The summed E-state index contributed by atoms with van der Waals surface area (Å²) in [6, 6.07) is 9.57. The Morgan fingerprint density at radius 1 is 1.32 bits per heavy atom. The molecule has 0 aliphatic rings. The maximum atomic E-state index is 12.7. The number of nitrogens with one attached hydrogen (secondary N) is 1. The van der Waals surface area contributed by atoms with Gasteiger partial charge in [-0.2, -0.15) is 4.39 Å². The average Bonchev–Trinajstić information content (AvgIpc) is 2.39. The summed E-state index contributed by atoms with van der Waals surface area (Å²) in [5, 5.41) is 3.38. The molecule has 1 heterocycles. The molecule has 0 saturated carbocycles. The summed E-state index contributed by atoms with van der Waals surface area (Å²) in [5.41, 5.74) is 1.13. The third-order valence-electron chi connectivity index (χ3n) is 2.71. The van der Waals surface area contributed by atoms with Gasteiger partial charge in [0.2, 0.25) is 5.95 Å². The number of amides is 1. The number of benzene rings is 1. The molecule has 3 nitrogen and oxygen atoms in total. The lowest BCUT2D eigenvalue weighted by Crippen LogP contribution is -2.26. The molecule has 98 valence electrons. The maximum absolute atomic E-state index is 12.7. The summed E-state index contributed by atoms with van der Waals surface area (Å²) in [5.74, 6) is -0.935. The van der Waals surface area contributed by atoms with Crippen LogP contribution in [-0.2, 0) is 0 Å². The summed E-state index contributed by atoms with van der Waals surface area (Å²) >= 11 is 6.06. The van der Waals surface area contributed by atoms with E-state index in [0.29, 0.717) is 10.6 Å². The van der Waals surface area contributed by atoms with E-state index in [1.807, 2.05) is 25.1 Å². The van der Waals surface area contributed by atoms with Gasteiger partial charge in [0.25, 0.3) is 5.91 Å². The smallest absolute Gasteiger partial charge is 0.253 e. The van der Waals surface area contributed by atoms with Crippen molar-refractivity contribution in [3.05, 3.63) is 64.7 Å². The Bertz CT molecular complexity index is 586. The Hall–Kier alpha value is -1.94. The number of aromatic nitrogens is 1. The summed E-state index contributed by atoms with van der Waals surface area (Å²) in [6.45, 7) is 1.83. The van der Waals surface area contributed by atoms with Gasteiger partial charge in [0.1, 0.15) is 0 Å². The molecule has 1 amide bonds. The molecule has 0 spiro atoms. The van der Waals surface area contributed by atoms with Gasteiger partial charge in [0, 0.05) is 11.2 Å². The lowest BCUT2D eigenvalue weighted by atomic mass is 10.1. The van der Waals surface area contributed by atoms with Crippen LogP contribution in [0.25, 0.3) is 0 Å². The highest BCUT2D eigenvalue weighted by molar-refractivity contribution is 6.31. The normalized spacial score (nSPS) is 11.9. The first-order valence-electron chi connectivity index (χ1n) is 5.75. The Morgan fingerprint density at radius 2 is 2.05 bits per heavy atom. The van der Waals surface area contributed by atoms with Crippen LogP contribution in [0, 0.1) is 5.95 Å². The fraction of sp³-hybridized carbons (Fsp3) is 0.143. The second-order valence-corrected chi connectivity index (χ2v) is 4.49. The van der Waals surface area contributed by atoms with E-state index in [0.717, 1.165) is 11.6 Å². The monoisotopic (exact) mass is 278 g/mol. The van der Waals surface area contributed by atoms with Crippen molar-refractivity contribution in [1.82, 2.24) is 10.3 Å². The number of carbonyl (C=O) groups is 1. The van der Waals surface area contributed by atoms with E-state index in [4.69, 9.17) is 11.6 Å². The first kappa shape index (κ1) is 13.5. The van der Waals surface area contributed by atoms with Crippen LogP contribution in [0.2, 0.25) is 5.02 Å². The molecule has 0 fully saturated rings. The SMILES string of the molecule is CC(NC(=O)c1ccc(F)nc1)c1ccccc1Cl. The molecule has 0 radical (unpaired) electrons. The molecule has 2 aromatic rings. The van der Waals surface area contributed by atoms with E-state index >= 15 is 0 Å². The fourth-order valence-electron chi connectivity index (χ4n) is 1.69. The van der Waals surface area contributed by atoms with Crippen molar-refractivity contribution < 1.29 is 9.18 Å². The molecule has 1 atom stereocenters. The fourth-order valence-corrected chi connectivity index (χ4v) is 1.99. The summed E-state index contributed by atoms with van der Waals surface area (Å²) in [4.78, 5) is 15.4. The molecule has 19 heavy (non-hydrogen) atoms. The van der Waals surface area contributed by atoms with Crippen molar-refractivity contribution in [3.63, 3.8) is 0 Å². The van der Waals surface area contributed by atoms with Crippen LogP contribution < -0.4 is 5.32 Å². The minimum absolute atomic E-state index is 0.244. The molecule has 1 N–H and O–H groups in total. The number of rotatable bonds is 3. The molecule has 2 rings (SSSR count). The average molecular weight is 279 g/mol. The predicted molar refractivity (Wildman–Crippen MR) is 71.5 cm³/mol. The zero-order valence-corrected chi connectivity index (χ0v) is 11.0. The van der Waals surface area contributed by atoms with Crippen LogP contribution in [-0.4, -0.2) is 10.9 Å². The van der Waals surface area contributed by atoms with Gasteiger partial charge in [0.15, 0.2) is 0 Å². The van der Waals surface area contributed by atoms with Gasteiger partial charge in [-0.05, 0) is 30.7 Å². The summed E-state index contributed by atoms with van der Waals surface area (Å²) in [7, 11) is 0. The quantitative estimate of drug-likeness (QED) is 0.875. The van der Waals surface area contributed by atoms with Crippen LogP contribution in [0.5, 0.6) is 0 Å². The highest BCUT2D eigenvalue weighted by Gasteiger charge is 2.13. The Balaban J connectivity index is 2.11. The number of pyridine rings is 1. The third-order valence-corrected chi connectivity index (χ3v) is 3.05. The molecule has 1 aromatic carbocycles. The van der Waals surface area contributed by atoms with Crippen molar-refractivity contribution in [2.45, 2.75) is 13.0 Å². The van der Waals surface area contributed by atoms with Crippen LogP contribution in [0.1, 0.15) is 28.9 Å². The molecular weight excluding hydrogens is 267 g/mol. The molecule has 0 bridgehead atoms. The molecule has 0 saturated heterocycles. The zero-order valence-electron chi connectivity index (χ0n) is 10.2. The highest BCUT2D eigenvalue weighted by Crippen LogP contribution is 2.22. The molecule has 0 aliphatic carbocycles. The van der Waals surface area contributed by atoms with Gasteiger partial charge in [0.05, 0.1) is 11.6 Å². The van der Waals surface area contributed by atoms with E-state index in [-0.39, 0.29) is 11.9 Å². The van der Waals surface area contributed by atoms with Gasteiger partial charge in [-0.3, -0.25) is 4.79 Å². The summed E-state index contributed by atoms with van der Waals surface area (Å²) < 4.78 is 12.7. The van der Waals surface area contributed by atoms with Crippen LogP contribution in [0.4, 0.5) is 4.39 Å². The molecule has 5 heteroatoms. The van der Waals surface area contributed by atoms with Crippen molar-refractivity contribution in [2.24, 2.45) is 0 Å². The standard InChI is InChI=1S/C14H12ClFN2O/c1-9(11-4-2-3-5-12(11)15)18-14(19)10-6-7-13(16)17-8-10/h2-9H,1H3,(H,18,19). The lowest BCUT2D eigenvalue weighted by Gasteiger charge is -2.15. The minimum Gasteiger partial charge on any atom is -0.345 e. The predicted octanol–water partition coefficient (Wildman–Crippen LogP) is 3.37. The van der Waals surface area contributed by atoms with Gasteiger partial charge < -0.3 is 5.32 Å². The number of carbonyl (C=O) groups excluding carboxylic acids is 1. The second kappa shape index (κ2) is 5.80. The van der Waals surface area contributed by atoms with Crippen molar-refractivity contribution in [1.29, 1.82) is 0 Å². The first-order chi connectivity index (χ1) is 9.08. The highest BCUT2D eigenvalue weighted by atomic mass is 35.5. The van der Waals surface area contributed by atoms with Crippen LogP contribution >= 0.6 is 11.6 Å². The zero-order chi connectivity index (χ0) is 13.8. The summed E-state index contributed by atoms with van der Waals surface area (Å²) in [6.07, 6.45) is 1.20. The van der Waals surface area contributed by atoms with E-state index in [2.05, 4.69) is 10.3 Å². The Morgan fingerprint density at radius 3 is 2.68 bits per heavy atom. The second-order valence-electron chi connectivity index (χ2n) is 4.09. The molecule has 1 aromatic heterocycles. The number of nitrogens with zero attached hydrogens (tertiary/aromatic N) is 1. The van der Waals surface area contributed by atoms with Crippen molar-refractivity contribution >= 4 is 17.5 Å². The molecule has 1 unspecified atom stereocenters. The van der Waals surface area contributed by atoms with Gasteiger partial charge in [-0.15, -0.1) is 0 Å². The maximum Gasteiger partial charge on any atom is 0.253 e. The lowest BCUT2D eigenvalue weighted by molar-refractivity contribution is 0.0939. The van der Waals surface area contributed by atoms with Gasteiger partial charge in [-0.1, -0.05) is 29.8 Å². The first-order valence-corrected chi connectivity index (χ1v) is 6.12. The van der Waals surface area contributed by atoms with E-state index < -0.39 is 5.95 Å². The Kier molecular flexibility index (Phi) is 4.12. The minimum atomic E-state index is -0.615. The topological polar surface area (TPSA) is 42.0 Å². The van der Waals surface area contributed by atoms with Crippen molar-refractivity contribution in [2.75, 3.05) is 0 Å². The van der Waals surface area contributed by atoms with Gasteiger partial charge >= 0.3 is 0 Å². The molecular formula is C14H12ClFN2O. The largest absolute Gasteiger partial charge is 0.345 e. The number of halogens is 2. The van der Waals surface area contributed by atoms with E-state index in [1.165, 1.54) is 12.3 Å². The van der Waals surface area contributed by atoms with Crippen molar-refractivity contribution in [3.8, 4) is 0 Å². The number of hydrogen-bond donors (Lipinski definition) is 1. The van der Waals surface area contributed by atoms with Crippen LogP contribution in [0.15, 0.2) is 42.6 Å². The van der Waals surface area contributed by atoms with E-state index in [1.54, 1.807) is 6.07 Å².